The standard InChI is InChI=1S/C18H14F3N3O5S2/c1-30(25,26)17-11-10-16(22-23-17)12-2-4-13(5-3-12)24-31(27,28)15-8-6-14(7-9-15)29-18(19,20)21/h2-11,24H,1H3. The molecule has 164 valence electrons. The Morgan fingerprint density at radius 1 is 0.839 bits per heavy atom. The van der Waals surface area contributed by atoms with E-state index in [1.165, 1.54) is 24.3 Å². The van der Waals surface area contributed by atoms with Gasteiger partial charge in [-0.25, -0.2) is 16.8 Å². The molecule has 0 fully saturated rings. The zero-order chi connectivity index (χ0) is 22.9. The Bertz CT molecular complexity index is 1280. The van der Waals surface area contributed by atoms with Crippen LogP contribution in [0.3, 0.4) is 0 Å². The number of nitrogens with one attached hydrogen (secondary N) is 1. The third-order valence-electron chi connectivity index (χ3n) is 3.82. The first-order valence-electron chi connectivity index (χ1n) is 8.36. The van der Waals surface area contributed by atoms with Crippen LogP contribution in [0, 0.1) is 0 Å². The smallest absolute Gasteiger partial charge is 0.406 e. The van der Waals surface area contributed by atoms with E-state index in [0.717, 1.165) is 30.5 Å². The second kappa shape index (κ2) is 8.15. The summed E-state index contributed by atoms with van der Waals surface area (Å²) in [6.07, 6.45) is -3.87. The molecule has 1 aromatic heterocycles. The van der Waals surface area contributed by atoms with Gasteiger partial charge in [0.1, 0.15) is 5.75 Å². The van der Waals surface area contributed by atoms with Crippen LogP contribution in [0.2, 0.25) is 0 Å². The number of rotatable bonds is 6. The molecule has 0 radical (unpaired) electrons. The molecular formula is C18H14F3N3O5S2. The van der Waals surface area contributed by atoms with Gasteiger partial charge in [-0.05, 0) is 48.5 Å². The van der Waals surface area contributed by atoms with Gasteiger partial charge in [0, 0.05) is 17.5 Å². The van der Waals surface area contributed by atoms with Gasteiger partial charge in [0.2, 0.25) is 0 Å². The van der Waals surface area contributed by atoms with Crippen LogP contribution >= 0.6 is 0 Å². The first kappa shape index (κ1) is 22.5. The molecule has 0 atom stereocenters. The van der Waals surface area contributed by atoms with Gasteiger partial charge in [0.25, 0.3) is 10.0 Å². The van der Waals surface area contributed by atoms with Crippen LogP contribution in [-0.2, 0) is 19.9 Å². The number of sulfonamides is 1. The number of halogens is 3. The van der Waals surface area contributed by atoms with E-state index in [-0.39, 0.29) is 15.6 Å². The van der Waals surface area contributed by atoms with Gasteiger partial charge in [0.05, 0.1) is 10.6 Å². The van der Waals surface area contributed by atoms with Gasteiger partial charge in [0.15, 0.2) is 14.9 Å². The van der Waals surface area contributed by atoms with Crippen LogP contribution < -0.4 is 9.46 Å². The van der Waals surface area contributed by atoms with Gasteiger partial charge in [-0.3, -0.25) is 4.72 Å². The summed E-state index contributed by atoms with van der Waals surface area (Å²) in [7, 11) is -7.54. The van der Waals surface area contributed by atoms with E-state index in [1.54, 1.807) is 12.1 Å². The summed E-state index contributed by atoms with van der Waals surface area (Å²) in [5.41, 5.74) is 1.13. The molecule has 0 aliphatic rings. The molecule has 3 rings (SSSR count). The number of alkyl halides is 3. The van der Waals surface area contributed by atoms with E-state index in [4.69, 9.17) is 0 Å². The molecule has 0 saturated heterocycles. The van der Waals surface area contributed by atoms with Gasteiger partial charge in [-0.2, -0.15) is 0 Å². The number of hydrogen-bond donors (Lipinski definition) is 1. The zero-order valence-corrected chi connectivity index (χ0v) is 17.3. The lowest BCUT2D eigenvalue weighted by Gasteiger charge is -2.11. The molecule has 8 nitrogen and oxygen atoms in total. The largest absolute Gasteiger partial charge is 0.573 e. The second-order valence-corrected chi connectivity index (χ2v) is 9.88. The fraction of sp³-hybridized carbons (Fsp3) is 0.111. The van der Waals surface area contributed by atoms with E-state index in [2.05, 4.69) is 19.7 Å². The average Bonchev–Trinajstić information content (AvgIpc) is 2.67. The van der Waals surface area contributed by atoms with Crippen molar-refractivity contribution in [2.45, 2.75) is 16.3 Å². The summed E-state index contributed by atoms with van der Waals surface area (Å²) >= 11 is 0. The van der Waals surface area contributed by atoms with Crippen molar-refractivity contribution < 1.29 is 34.7 Å². The van der Waals surface area contributed by atoms with E-state index in [9.17, 15) is 30.0 Å². The molecule has 1 heterocycles. The Morgan fingerprint density at radius 3 is 1.94 bits per heavy atom. The number of nitrogens with zero attached hydrogens (tertiary/aromatic N) is 2. The van der Waals surface area contributed by atoms with E-state index in [1.807, 2.05) is 0 Å². The molecule has 0 unspecified atom stereocenters. The van der Waals surface area contributed by atoms with E-state index in [0.29, 0.717) is 11.3 Å². The van der Waals surface area contributed by atoms with Crippen LogP contribution in [0.4, 0.5) is 18.9 Å². The van der Waals surface area contributed by atoms with Crippen LogP contribution in [0.15, 0.2) is 70.6 Å². The maximum Gasteiger partial charge on any atom is 0.573 e. The SMILES string of the molecule is CS(=O)(=O)c1ccc(-c2ccc(NS(=O)(=O)c3ccc(OC(F)(F)F)cc3)cc2)nn1. The highest BCUT2D eigenvalue weighted by molar-refractivity contribution is 7.92. The molecule has 0 saturated carbocycles. The maximum absolute atomic E-state index is 12.4. The fourth-order valence-electron chi connectivity index (χ4n) is 2.42. The summed E-state index contributed by atoms with van der Waals surface area (Å²) in [5, 5.41) is 7.31. The van der Waals surface area contributed by atoms with Crippen molar-refractivity contribution in [2.24, 2.45) is 0 Å². The summed E-state index contributed by atoms with van der Waals surface area (Å²) in [6, 6.07) is 12.5. The average molecular weight is 473 g/mol. The van der Waals surface area contributed by atoms with Gasteiger partial charge >= 0.3 is 6.36 Å². The highest BCUT2D eigenvalue weighted by Crippen LogP contribution is 2.25. The molecule has 0 amide bonds. The summed E-state index contributed by atoms with van der Waals surface area (Å²) in [4.78, 5) is -0.256. The van der Waals surface area contributed by atoms with Crippen molar-refractivity contribution in [3.63, 3.8) is 0 Å². The topological polar surface area (TPSA) is 115 Å². The number of hydrogen-bond acceptors (Lipinski definition) is 7. The van der Waals surface area contributed by atoms with Crippen molar-refractivity contribution in [3.8, 4) is 17.0 Å². The molecular weight excluding hydrogens is 459 g/mol. The molecule has 0 aliphatic carbocycles. The van der Waals surface area contributed by atoms with Crippen LogP contribution in [0.5, 0.6) is 5.75 Å². The van der Waals surface area contributed by atoms with E-state index < -0.39 is 32.0 Å². The molecule has 0 spiro atoms. The minimum Gasteiger partial charge on any atom is -0.406 e. The quantitative estimate of drug-likeness (QED) is 0.584. The number of sulfone groups is 1. The number of anilines is 1. The lowest BCUT2D eigenvalue weighted by molar-refractivity contribution is -0.274. The lowest BCUT2D eigenvalue weighted by Crippen LogP contribution is -2.17. The lowest BCUT2D eigenvalue weighted by atomic mass is 10.1. The monoisotopic (exact) mass is 473 g/mol. The Balaban J connectivity index is 1.74. The normalized spacial score (nSPS) is 12.4. The van der Waals surface area contributed by atoms with Crippen molar-refractivity contribution >= 4 is 25.5 Å². The summed E-state index contributed by atoms with van der Waals surface area (Å²) in [5.74, 6) is -0.543. The molecule has 13 heteroatoms. The van der Waals surface area contributed by atoms with Gasteiger partial charge in [-0.1, -0.05) is 12.1 Å². The molecule has 3 aromatic rings. The highest BCUT2D eigenvalue weighted by atomic mass is 32.2. The molecule has 1 N–H and O–H groups in total. The minimum absolute atomic E-state index is 0.174. The summed E-state index contributed by atoms with van der Waals surface area (Å²) in [6.45, 7) is 0. The Morgan fingerprint density at radius 2 is 1.45 bits per heavy atom. The maximum atomic E-state index is 12.4. The van der Waals surface area contributed by atoms with Crippen molar-refractivity contribution in [2.75, 3.05) is 11.0 Å². The zero-order valence-electron chi connectivity index (χ0n) is 15.7. The first-order valence-corrected chi connectivity index (χ1v) is 11.7. The third-order valence-corrected chi connectivity index (χ3v) is 6.20. The minimum atomic E-state index is -4.88. The predicted molar refractivity (Wildman–Crippen MR) is 105 cm³/mol. The van der Waals surface area contributed by atoms with Crippen LogP contribution in [0.25, 0.3) is 11.3 Å². The Labute approximate surface area is 175 Å². The van der Waals surface area contributed by atoms with E-state index >= 15 is 0 Å². The van der Waals surface area contributed by atoms with Gasteiger partial charge in [-0.15, -0.1) is 23.4 Å². The Kier molecular flexibility index (Phi) is 5.91. The molecule has 0 aliphatic heterocycles. The number of benzene rings is 2. The molecule has 31 heavy (non-hydrogen) atoms. The second-order valence-electron chi connectivity index (χ2n) is 6.23. The first-order chi connectivity index (χ1) is 14.3. The number of aromatic nitrogens is 2. The van der Waals surface area contributed by atoms with Gasteiger partial charge < -0.3 is 4.74 Å². The highest BCUT2D eigenvalue weighted by Gasteiger charge is 2.31. The van der Waals surface area contributed by atoms with Crippen molar-refractivity contribution in [1.29, 1.82) is 0 Å². The molecule has 0 bridgehead atoms. The third kappa shape index (κ3) is 5.92. The number of ether oxygens (including phenoxy) is 1. The van der Waals surface area contributed by atoms with Crippen molar-refractivity contribution in [3.05, 3.63) is 60.7 Å². The Hall–Kier alpha value is -3.19. The van der Waals surface area contributed by atoms with Crippen LogP contribution in [-0.4, -0.2) is 39.7 Å². The fourth-order valence-corrected chi connectivity index (χ4v) is 3.98. The van der Waals surface area contributed by atoms with Crippen LogP contribution in [0.1, 0.15) is 0 Å². The van der Waals surface area contributed by atoms with Crippen molar-refractivity contribution in [1.82, 2.24) is 10.2 Å². The molecule has 2 aromatic carbocycles. The summed E-state index contributed by atoms with van der Waals surface area (Å²) < 4.78 is 90.3. The predicted octanol–water partition coefficient (Wildman–Crippen LogP) is 3.25.